The number of hydrogen-bond acceptors (Lipinski definition) is 5. The Hall–Kier alpha value is -2.19. The maximum absolute atomic E-state index is 12.1. The number of H-pyrrole nitrogens is 1. The number of amides is 2. The van der Waals surface area contributed by atoms with Crippen LogP contribution in [0.15, 0.2) is 23.6 Å². The predicted molar refractivity (Wildman–Crippen MR) is 93.5 cm³/mol. The summed E-state index contributed by atoms with van der Waals surface area (Å²) in [5.41, 5.74) is 0.747. The number of aromatic amines is 1. The third-order valence-electron chi connectivity index (χ3n) is 3.25. The summed E-state index contributed by atoms with van der Waals surface area (Å²) in [6.07, 6.45) is 1.99. The summed E-state index contributed by atoms with van der Waals surface area (Å²) in [4.78, 5) is 25.4. The van der Waals surface area contributed by atoms with Crippen molar-refractivity contribution in [3.63, 3.8) is 0 Å². The highest BCUT2D eigenvalue weighted by atomic mass is 32.1. The first kappa shape index (κ1) is 15.7. The molecule has 0 saturated heterocycles. The van der Waals surface area contributed by atoms with Crippen molar-refractivity contribution in [1.82, 2.24) is 15.5 Å². The second-order valence-electron chi connectivity index (χ2n) is 4.97. The Morgan fingerprint density at radius 1 is 1.30 bits per heavy atom. The molecule has 0 aromatic carbocycles. The van der Waals surface area contributed by atoms with Crippen molar-refractivity contribution in [2.75, 3.05) is 11.9 Å². The zero-order chi connectivity index (χ0) is 16.2. The number of aromatic nitrogens is 2. The van der Waals surface area contributed by atoms with Crippen LogP contribution in [0.5, 0.6) is 0 Å². The van der Waals surface area contributed by atoms with Gasteiger partial charge in [0.2, 0.25) is 0 Å². The molecule has 0 aliphatic carbocycles. The number of carbonyl (C=O) groups excluding carboxylic acids is 2. The van der Waals surface area contributed by atoms with Crippen molar-refractivity contribution in [2.24, 2.45) is 0 Å². The number of thiophene rings is 2. The number of nitrogens with zero attached hydrogens (tertiary/aromatic N) is 1. The quantitative estimate of drug-likeness (QED) is 0.596. The molecule has 3 aromatic rings. The van der Waals surface area contributed by atoms with E-state index >= 15 is 0 Å². The minimum absolute atomic E-state index is 0.0939. The topological polar surface area (TPSA) is 86.9 Å². The lowest BCUT2D eigenvalue weighted by Gasteiger charge is -2.01. The number of rotatable bonds is 6. The Kier molecular flexibility index (Phi) is 4.73. The summed E-state index contributed by atoms with van der Waals surface area (Å²) in [7, 11) is 0. The van der Waals surface area contributed by atoms with Gasteiger partial charge in [-0.25, -0.2) is 0 Å². The number of nitrogens with one attached hydrogen (secondary N) is 3. The van der Waals surface area contributed by atoms with Gasteiger partial charge in [0, 0.05) is 6.54 Å². The van der Waals surface area contributed by atoms with Crippen LogP contribution in [-0.2, 0) is 0 Å². The van der Waals surface area contributed by atoms with Crippen molar-refractivity contribution in [3.05, 3.63) is 33.3 Å². The molecule has 23 heavy (non-hydrogen) atoms. The molecule has 0 spiro atoms. The van der Waals surface area contributed by atoms with Gasteiger partial charge in [0.25, 0.3) is 11.8 Å². The highest BCUT2D eigenvalue weighted by Crippen LogP contribution is 2.30. The van der Waals surface area contributed by atoms with E-state index in [0.717, 1.165) is 23.1 Å². The SMILES string of the molecule is CCCCNC(=O)c1cc2[nH]nc(NC(=O)c3cccs3)c2s1. The monoisotopic (exact) mass is 348 g/mol. The second-order valence-corrected chi connectivity index (χ2v) is 6.97. The Bertz CT molecular complexity index is 820. The number of hydrogen-bond donors (Lipinski definition) is 3. The fourth-order valence-electron chi connectivity index (χ4n) is 2.06. The summed E-state index contributed by atoms with van der Waals surface area (Å²) >= 11 is 2.69. The van der Waals surface area contributed by atoms with E-state index in [-0.39, 0.29) is 11.8 Å². The van der Waals surface area contributed by atoms with E-state index in [9.17, 15) is 9.59 Å². The molecule has 3 heterocycles. The molecule has 8 heteroatoms. The van der Waals surface area contributed by atoms with Crippen LogP contribution in [-0.4, -0.2) is 28.6 Å². The van der Waals surface area contributed by atoms with Gasteiger partial charge < -0.3 is 10.6 Å². The molecule has 0 radical (unpaired) electrons. The molecule has 0 saturated carbocycles. The molecule has 3 rings (SSSR count). The van der Waals surface area contributed by atoms with E-state index in [1.165, 1.54) is 22.7 Å². The first-order valence-electron chi connectivity index (χ1n) is 7.30. The Labute approximate surface area is 140 Å². The molecule has 3 N–H and O–H groups in total. The predicted octanol–water partition coefficient (Wildman–Crippen LogP) is 3.47. The first-order valence-corrected chi connectivity index (χ1v) is 8.99. The standard InChI is InChI=1S/C15H16N4O2S2/c1-2-3-6-16-14(20)11-8-9-12(23-11)13(19-18-9)17-15(21)10-5-4-7-22-10/h4-5,7-8H,2-3,6H2,1H3,(H,16,20)(H2,17,18,19,21). The minimum atomic E-state index is -0.198. The molecule has 6 nitrogen and oxygen atoms in total. The molecule has 0 atom stereocenters. The van der Waals surface area contributed by atoms with Gasteiger partial charge in [0.15, 0.2) is 5.82 Å². The van der Waals surface area contributed by atoms with Gasteiger partial charge in [0.05, 0.1) is 20.0 Å². The van der Waals surface area contributed by atoms with Gasteiger partial charge in [-0.1, -0.05) is 19.4 Å². The van der Waals surface area contributed by atoms with Gasteiger partial charge in [-0.2, -0.15) is 5.10 Å². The number of fused-ring (bicyclic) bond motifs is 1. The van der Waals surface area contributed by atoms with Crippen LogP contribution in [0.4, 0.5) is 5.82 Å². The van der Waals surface area contributed by atoms with E-state index in [2.05, 4.69) is 27.8 Å². The lowest BCUT2D eigenvalue weighted by Crippen LogP contribution is -2.23. The molecule has 3 aromatic heterocycles. The summed E-state index contributed by atoms with van der Waals surface area (Å²) < 4.78 is 0.774. The van der Waals surface area contributed by atoms with Crippen molar-refractivity contribution in [2.45, 2.75) is 19.8 Å². The molecular formula is C15H16N4O2S2. The zero-order valence-corrected chi connectivity index (χ0v) is 14.1. The number of unbranched alkanes of at least 4 members (excludes halogenated alkanes) is 1. The summed E-state index contributed by atoms with van der Waals surface area (Å²) in [5.74, 6) is 0.162. The number of carbonyl (C=O) groups is 2. The van der Waals surface area contributed by atoms with E-state index in [1.54, 1.807) is 12.1 Å². The van der Waals surface area contributed by atoms with Gasteiger partial charge in [-0.15, -0.1) is 22.7 Å². The van der Waals surface area contributed by atoms with Crippen molar-refractivity contribution in [3.8, 4) is 0 Å². The minimum Gasteiger partial charge on any atom is -0.351 e. The van der Waals surface area contributed by atoms with Crippen LogP contribution in [0, 0.1) is 0 Å². The second kappa shape index (κ2) is 6.93. The fourth-order valence-corrected chi connectivity index (χ4v) is 3.64. The van der Waals surface area contributed by atoms with E-state index in [1.807, 2.05) is 11.4 Å². The normalized spacial score (nSPS) is 10.8. The van der Waals surface area contributed by atoms with Gasteiger partial charge in [-0.3, -0.25) is 14.7 Å². The molecule has 0 fully saturated rings. The van der Waals surface area contributed by atoms with Gasteiger partial charge in [0.1, 0.15) is 0 Å². The van der Waals surface area contributed by atoms with Crippen LogP contribution in [0.2, 0.25) is 0 Å². The van der Waals surface area contributed by atoms with Gasteiger partial charge >= 0.3 is 0 Å². The van der Waals surface area contributed by atoms with Gasteiger partial charge in [-0.05, 0) is 23.9 Å². The van der Waals surface area contributed by atoms with Crippen LogP contribution in [0.3, 0.4) is 0 Å². The van der Waals surface area contributed by atoms with Crippen LogP contribution in [0.25, 0.3) is 10.2 Å². The summed E-state index contributed by atoms with van der Waals surface area (Å²) in [6.45, 7) is 2.75. The fraction of sp³-hybridized carbons (Fsp3) is 0.267. The van der Waals surface area contributed by atoms with Crippen LogP contribution in [0.1, 0.15) is 39.1 Å². The molecule has 0 bridgehead atoms. The van der Waals surface area contributed by atoms with Crippen LogP contribution < -0.4 is 10.6 Å². The Morgan fingerprint density at radius 2 is 2.17 bits per heavy atom. The largest absolute Gasteiger partial charge is 0.351 e. The maximum Gasteiger partial charge on any atom is 0.266 e. The molecule has 0 aliphatic heterocycles. The van der Waals surface area contributed by atoms with E-state index < -0.39 is 0 Å². The Balaban J connectivity index is 1.75. The maximum atomic E-state index is 12.1. The van der Waals surface area contributed by atoms with Crippen molar-refractivity contribution >= 4 is 50.5 Å². The zero-order valence-electron chi connectivity index (χ0n) is 12.5. The highest BCUT2D eigenvalue weighted by molar-refractivity contribution is 7.21. The van der Waals surface area contributed by atoms with E-state index in [0.29, 0.717) is 22.1 Å². The number of anilines is 1. The smallest absolute Gasteiger partial charge is 0.266 e. The first-order chi connectivity index (χ1) is 11.2. The Morgan fingerprint density at radius 3 is 2.91 bits per heavy atom. The molecule has 120 valence electrons. The summed E-state index contributed by atoms with van der Waals surface area (Å²) in [6, 6.07) is 5.34. The molecule has 0 unspecified atom stereocenters. The lowest BCUT2D eigenvalue weighted by molar-refractivity contribution is 0.0956. The third-order valence-corrected chi connectivity index (χ3v) is 5.26. The lowest BCUT2D eigenvalue weighted by atomic mass is 10.3. The van der Waals surface area contributed by atoms with Crippen molar-refractivity contribution in [1.29, 1.82) is 0 Å². The average Bonchev–Trinajstić information content (AvgIpc) is 3.25. The molecule has 2 amide bonds. The van der Waals surface area contributed by atoms with Crippen molar-refractivity contribution < 1.29 is 9.59 Å². The highest BCUT2D eigenvalue weighted by Gasteiger charge is 2.17. The average molecular weight is 348 g/mol. The van der Waals surface area contributed by atoms with Crippen LogP contribution >= 0.6 is 22.7 Å². The molecular weight excluding hydrogens is 332 g/mol. The molecule has 0 aliphatic rings. The van der Waals surface area contributed by atoms with E-state index in [4.69, 9.17) is 0 Å². The summed E-state index contributed by atoms with van der Waals surface area (Å²) in [5, 5.41) is 14.5. The third kappa shape index (κ3) is 3.43.